The number of rotatable bonds is 27. The Bertz CT molecular complexity index is 2310. The van der Waals surface area contributed by atoms with E-state index in [1.165, 1.54) is 38.5 Å². The van der Waals surface area contributed by atoms with Crippen molar-refractivity contribution >= 4 is 46.4 Å². The van der Waals surface area contributed by atoms with E-state index < -0.39 is 0 Å². The van der Waals surface area contributed by atoms with Crippen LogP contribution in [0.5, 0.6) is 0 Å². The molecular formula is C60H70N4O4. The van der Waals surface area contributed by atoms with E-state index in [9.17, 15) is 19.2 Å². The Morgan fingerprint density at radius 3 is 0.779 bits per heavy atom. The molecule has 4 aromatic carbocycles. The summed E-state index contributed by atoms with van der Waals surface area (Å²) in [5.41, 5.74) is 5.96. The molecule has 0 unspecified atom stereocenters. The van der Waals surface area contributed by atoms with Crippen molar-refractivity contribution in [3.05, 3.63) is 119 Å². The lowest BCUT2D eigenvalue weighted by Crippen LogP contribution is -2.11. The molecule has 354 valence electrons. The summed E-state index contributed by atoms with van der Waals surface area (Å²) in [6.45, 7) is 4.36. The molecule has 8 nitrogen and oxygen atoms in total. The molecule has 4 aromatic rings. The average Bonchev–Trinajstić information content (AvgIpc) is 3.33. The van der Waals surface area contributed by atoms with Crippen LogP contribution in [0.15, 0.2) is 97.1 Å². The van der Waals surface area contributed by atoms with Crippen LogP contribution in [0.4, 0.5) is 22.7 Å². The Morgan fingerprint density at radius 1 is 0.324 bits per heavy atom. The van der Waals surface area contributed by atoms with Crippen LogP contribution in [0, 0.1) is 47.4 Å². The minimum atomic E-state index is -0.00830. The molecule has 0 saturated carbocycles. The van der Waals surface area contributed by atoms with Gasteiger partial charge in [0.25, 0.3) is 0 Å². The van der Waals surface area contributed by atoms with Gasteiger partial charge in [0.1, 0.15) is 0 Å². The number of benzene rings is 4. The summed E-state index contributed by atoms with van der Waals surface area (Å²) in [4.78, 5) is 49.9. The van der Waals surface area contributed by atoms with Gasteiger partial charge < -0.3 is 21.3 Å². The first-order valence-corrected chi connectivity index (χ1v) is 24.9. The average molecular weight is 911 g/mol. The SMILES string of the molecule is CCCCCCCC(=O)Nc1cccc(C#CC#Cc2cccc(NC(=O)CCCCCCCCCCC(=O)Nc3cccc(C#CC#Cc4cccc(NC(=O)CCCCCCC)c4)c3)c2)c1. The molecule has 8 heteroatoms. The van der Waals surface area contributed by atoms with Gasteiger partial charge in [-0.1, -0.05) is 152 Å². The molecule has 0 heterocycles. The Hall–Kier alpha value is -7.00. The molecule has 4 amide bonds. The lowest BCUT2D eigenvalue weighted by Gasteiger charge is -2.06. The zero-order chi connectivity index (χ0) is 48.3. The smallest absolute Gasteiger partial charge is 0.224 e. The predicted molar refractivity (Wildman–Crippen MR) is 281 cm³/mol. The molecule has 0 aliphatic rings. The topological polar surface area (TPSA) is 116 Å². The lowest BCUT2D eigenvalue weighted by atomic mass is 10.1. The van der Waals surface area contributed by atoms with Crippen molar-refractivity contribution in [2.24, 2.45) is 0 Å². The summed E-state index contributed by atoms with van der Waals surface area (Å²) in [6, 6.07) is 29.9. The summed E-state index contributed by atoms with van der Waals surface area (Å²) >= 11 is 0. The number of anilines is 4. The van der Waals surface area contributed by atoms with Crippen molar-refractivity contribution in [1.29, 1.82) is 0 Å². The number of carbonyl (C=O) groups is 4. The van der Waals surface area contributed by atoms with Gasteiger partial charge in [-0.2, -0.15) is 0 Å². The molecule has 0 aliphatic carbocycles. The van der Waals surface area contributed by atoms with Gasteiger partial charge in [-0.3, -0.25) is 19.2 Å². The van der Waals surface area contributed by atoms with Gasteiger partial charge in [-0.25, -0.2) is 0 Å². The molecular weight excluding hydrogens is 841 g/mol. The fourth-order valence-electron chi connectivity index (χ4n) is 7.42. The van der Waals surface area contributed by atoms with Crippen molar-refractivity contribution in [1.82, 2.24) is 0 Å². The molecule has 0 spiro atoms. The van der Waals surface area contributed by atoms with Gasteiger partial charge >= 0.3 is 0 Å². The van der Waals surface area contributed by atoms with Crippen molar-refractivity contribution in [3.63, 3.8) is 0 Å². The number of amides is 4. The maximum absolute atomic E-state index is 12.6. The fourth-order valence-corrected chi connectivity index (χ4v) is 7.42. The van der Waals surface area contributed by atoms with E-state index in [2.05, 4.69) is 82.5 Å². The van der Waals surface area contributed by atoms with Gasteiger partial charge in [-0.05, 0) is 122 Å². The minimum Gasteiger partial charge on any atom is -0.326 e. The van der Waals surface area contributed by atoms with Crippen LogP contribution in [0.25, 0.3) is 0 Å². The van der Waals surface area contributed by atoms with Crippen molar-refractivity contribution in [2.75, 3.05) is 21.3 Å². The van der Waals surface area contributed by atoms with Gasteiger partial charge in [-0.15, -0.1) is 0 Å². The largest absolute Gasteiger partial charge is 0.326 e. The highest BCUT2D eigenvalue weighted by atomic mass is 16.2. The van der Waals surface area contributed by atoms with E-state index in [1.54, 1.807) is 0 Å². The Kier molecular flexibility index (Phi) is 26.4. The Balaban J connectivity index is 1.04. The van der Waals surface area contributed by atoms with Gasteiger partial charge in [0, 0.05) is 70.7 Å². The van der Waals surface area contributed by atoms with E-state index in [1.807, 2.05) is 97.1 Å². The molecule has 0 fully saturated rings. The van der Waals surface area contributed by atoms with Crippen molar-refractivity contribution in [2.45, 2.75) is 155 Å². The van der Waals surface area contributed by atoms with Crippen molar-refractivity contribution in [3.8, 4) is 47.4 Å². The van der Waals surface area contributed by atoms with E-state index >= 15 is 0 Å². The molecule has 0 aliphatic heterocycles. The third-order valence-corrected chi connectivity index (χ3v) is 11.1. The Labute approximate surface area is 407 Å². The first-order chi connectivity index (χ1) is 33.3. The fraction of sp³-hybridized carbons (Fsp3) is 0.400. The van der Waals surface area contributed by atoms with E-state index in [0.717, 1.165) is 111 Å². The Morgan fingerprint density at radius 2 is 0.544 bits per heavy atom. The summed E-state index contributed by atoms with van der Waals surface area (Å²) in [5, 5.41) is 11.9. The van der Waals surface area contributed by atoms with Crippen LogP contribution in [-0.4, -0.2) is 23.6 Å². The standard InChI is InChI=1S/C60H70N4O4/c1-3-5-7-13-17-41-57(65)61-53-37-25-33-49(45-53)29-21-23-31-51-35-27-39-55(47-51)63-59(67)43-19-15-11-9-10-12-16-20-44-60(68)64-56-40-28-36-52(48-56)32-24-22-30-50-34-26-38-54(46-50)62-58(66)42-18-14-8-6-4-2/h25-28,33-40,45-48H,3-20,41-44H2,1-2H3,(H,61,65)(H,62,66)(H,63,67)(H,64,68). The van der Waals surface area contributed by atoms with E-state index in [-0.39, 0.29) is 23.6 Å². The number of hydrogen-bond donors (Lipinski definition) is 4. The number of hydrogen-bond acceptors (Lipinski definition) is 4. The molecule has 4 rings (SSSR count). The summed E-state index contributed by atoms with van der Waals surface area (Å²) < 4.78 is 0. The quantitative estimate of drug-likeness (QED) is 0.0352. The van der Waals surface area contributed by atoms with Crippen LogP contribution in [-0.2, 0) is 19.2 Å². The molecule has 4 N–H and O–H groups in total. The van der Waals surface area contributed by atoms with Crippen LogP contribution in [0.1, 0.15) is 177 Å². The second-order valence-corrected chi connectivity index (χ2v) is 17.2. The van der Waals surface area contributed by atoms with Gasteiger partial charge in [0.05, 0.1) is 0 Å². The van der Waals surface area contributed by atoms with Crippen LogP contribution < -0.4 is 21.3 Å². The highest BCUT2D eigenvalue weighted by Crippen LogP contribution is 2.17. The number of unbranched alkanes of at least 4 members (excludes halogenated alkanes) is 15. The second kappa shape index (κ2) is 33.5. The van der Waals surface area contributed by atoms with Crippen LogP contribution >= 0.6 is 0 Å². The molecule has 0 bridgehead atoms. The first kappa shape index (κ1) is 53.6. The maximum Gasteiger partial charge on any atom is 0.224 e. The predicted octanol–water partition coefficient (Wildman–Crippen LogP) is 13.6. The maximum atomic E-state index is 12.6. The van der Waals surface area contributed by atoms with Crippen molar-refractivity contribution < 1.29 is 19.2 Å². The van der Waals surface area contributed by atoms with E-state index in [0.29, 0.717) is 37.1 Å². The molecule has 0 atom stereocenters. The first-order valence-electron chi connectivity index (χ1n) is 24.9. The molecule has 0 aromatic heterocycles. The molecule has 0 saturated heterocycles. The van der Waals surface area contributed by atoms with Gasteiger partial charge in [0.2, 0.25) is 23.6 Å². The highest BCUT2D eigenvalue weighted by molar-refractivity contribution is 5.92. The monoisotopic (exact) mass is 911 g/mol. The minimum absolute atomic E-state index is 0.00830. The lowest BCUT2D eigenvalue weighted by molar-refractivity contribution is -0.117. The van der Waals surface area contributed by atoms with E-state index in [4.69, 9.17) is 0 Å². The molecule has 0 radical (unpaired) electrons. The third-order valence-electron chi connectivity index (χ3n) is 11.1. The highest BCUT2D eigenvalue weighted by Gasteiger charge is 2.07. The summed E-state index contributed by atoms with van der Waals surface area (Å²) in [5.74, 6) is 23.8. The van der Waals surface area contributed by atoms with Crippen LogP contribution in [0.3, 0.4) is 0 Å². The normalized spacial score (nSPS) is 10.1. The molecule has 68 heavy (non-hydrogen) atoms. The zero-order valence-electron chi connectivity index (χ0n) is 40.4. The summed E-state index contributed by atoms with van der Waals surface area (Å²) in [7, 11) is 0. The summed E-state index contributed by atoms with van der Waals surface area (Å²) in [6.07, 6.45) is 21.1. The zero-order valence-corrected chi connectivity index (χ0v) is 40.4. The number of nitrogens with one attached hydrogen (secondary N) is 4. The third kappa shape index (κ3) is 24.5. The van der Waals surface area contributed by atoms with Gasteiger partial charge in [0.15, 0.2) is 0 Å². The number of carbonyl (C=O) groups excluding carboxylic acids is 4. The van der Waals surface area contributed by atoms with Crippen LogP contribution in [0.2, 0.25) is 0 Å². The second-order valence-electron chi connectivity index (χ2n) is 17.2.